The molecule has 2 unspecified atom stereocenters. The number of rotatable bonds is 4. The van der Waals surface area contributed by atoms with Crippen LogP contribution >= 0.6 is 0 Å². The highest BCUT2D eigenvalue weighted by Gasteiger charge is 2.46. The molecule has 4 atom stereocenters. The van der Waals surface area contributed by atoms with Crippen molar-refractivity contribution in [2.24, 2.45) is 7.05 Å². The number of halogens is 1. The van der Waals surface area contributed by atoms with Crippen LogP contribution < -0.4 is 0 Å². The van der Waals surface area contributed by atoms with Gasteiger partial charge in [-0.05, 0) is 37.9 Å². The second-order valence-electron chi connectivity index (χ2n) is 9.20. The molecule has 2 bridgehead atoms. The molecule has 0 spiro atoms. The normalized spacial score (nSPS) is 24.9. The van der Waals surface area contributed by atoms with Gasteiger partial charge in [-0.2, -0.15) is 10.2 Å². The molecule has 2 aliphatic heterocycles. The highest BCUT2D eigenvalue weighted by atomic mass is 19.1. The van der Waals surface area contributed by atoms with E-state index in [1.807, 2.05) is 61.9 Å². The summed E-state index contributed by atoms with van der Waals surface area (Å²) in [6, 6.07) is 8.37. The van der Waals surface area contributed by atoms with Crippen molar-refractivity contribution in [2.45, 2.75) is 43.6 Å². The molecule has 0 N–H and O–H groups in total. The fraction of sp³-hybridized carbons (Fsp3) is 0.360. The summed E-state index contributed by atoms with van der Waals surface area (Å²) in [6.07, 6.45) is 13.1. The van der Waals surface area contributed by atoms with Gasteiger partial charge in [0.25, 0.3) is 0 Å². The summed E-state index contributed by atoms with van der Waals surface area (Å²) < 4.78 is 18.7. The van der Waals surface area contributed by atoms with Gasteiger partial charge in [-0.15, -0.1) is 0 Å². The number of benzene rings is 1. The lowest BCUT2D eigenvalue weighted by molar-refractivity contribution is 0.0402. The minimum atomic E-state index is -0.896. The Morgan fingerprint density at radius 1 is 0.818 bits per heavy atom. The molecule has 5 heterocycles. The summed E-state index contributed by atoms with van der Waals surface area (Å²) in [5.74, 6) is 0.660. The summed E-state index contributed by atoms with van der Waals surface area (Å²) >= 11 is 0. The molecule has 2 saturated heterocycles. The van der Waals surface area contributed by atoms with Crippen LogP contribution in [-0.4, -0.2) is 59.7 Å². The quantitative estimate of drug-likeness (QED) is 0.474. The molecule has 6 rings (SSSR count). The van der Waals surface area contributed by atoms with Crippen LogP contribution in [0.15, 0.2) is 61.4 Å². The van der Waals surface area contributed by atoms with Gasteiger partial charge in [-0.25, -0.2) is 14.4 Å². The second kappa shape index (κ2) is 7.88. The van der Waals surface area contributed by atoms with Gasteiger partial charge >= 0.3 is 0 Å². The van der Waals surface area contributed by atoms with Gasteiger partial charge in [0.05, 0.1) is 18.4 Å². The molecule has 8 heteroatoms. The molecule has 2 fully saturated rings. The predicted molar refractivity (Wildman–Crippen MR) is 124 cm³/mol. The van der Waals surface area contributed by atoms with Crippen LogP contribution in [0.25, 0.3) is 33.6 Å². The first kappa shape index (κ1) is 20.2. The number of nitrogens with zero attached hydrogens (tertiary/aromatic N) is 7. The van der Waals surface area contributed by atoms with Crippen LogP contribution in [0.2, 0.25) is 0 Å². The summed E-state index contributed by atoms with van der Waals surface area (Å²) in [7, 11) is 3.95. The molecule has 0 saturated carbocycles. The van der Waals surface area contributed by atoms with E-state index in [-0.39, 0.29) is 12.1 Å². The maximum Gasteiger partial charge on any atom is 0.159 e. The van der Waals surface area contributed by atoms with Crippen molar-refractivity contribution in [1.82, 2.24) is 34.4 Å². The van der Waals surface area contributed by atoms with E-state index in [2.05, 4.69) is 37.2 Å². The average Bonchev–Trinajstić information content (AvgIpc) is 3.55. The van der Waals surface area contributed by atoms with Gasteiger partial charge in [-0.1, -0.05) is 18.2 Å². The predicted octanol–water partition coefficient (Wildman–Crippen LogP) is 4.15. The number of aryl methyl sites for hydroxylation is 1. The van der Waals surface area contributed by atoms with Gasteiger partial charge in [0.2, 0.25) is 0 Å². The Morgan fingerprint density at radius 2 is 1.58 bits per heavy atom. The van der Waals surface area contributed by atoms with Crippen LogP contribution in [0.4, 0.5) is 4.39 Å². The SMILES string of the molecule is CN1C2CC[C@H]1C[C@H](n1cc(-c3cnc(-c4cccc(-c5cnn(C)c5)c4)nc3)cn1)C2F. The number of fused-ring (bicyclic) bond motifs is 2. The Bertz CT molecular complexity index is 1280. The minimum absolute atomic E-state index is 0.00597. The van der Waals surface area contributed by atoms with E-state index in [0.717, 1.165) is 47.1 Å². The van der Waals surface area contributed by atoms with Gasteiger partial charge in [0.1, 0.15) is 6.17 Å². The maximum atomic E-state index is 15.2. The van der Waals surface area contributed by atoms with Gasteiger partial charge in [-0.3, -0.25) is 14.3 Å². The monoisotopic (exact) mass is 443 g/mol. The molecule has 4 aromatic rings. The zero-order chi connectivity index (χ0) is 22.5. The van der Waals surface area contributed by atoms with E-state index >= 15 is 4.39 Å². The van der Waals surface area contributed by atoms with Gasteiger partial charge in [0, 0.05) is 66.2 Å². The molecule has 0 amide bonds. The second-order valence-corrected chi connectivity index (χ2v) is 9.20. The van der Waals surface area contributed by atoms with E-state index in [9.17, 15) is 0 Å². The first-order valence-corrected chi connectivity index (χ1v) is 11.4. The fourth-order valence-electron chi connectivity index (χ4n) is 5.33. The molecule has 168 valence electrons. The van der Waals surface area contributed by atoms with E-state index in [1.54, 1.807) is 10.9 Å². The van der Waals surface area contributed by atoms with E-state index in [4.69, 9.17) is 0 Å². The van der Waals surface area contributed by atoms with Crippen LogP contribution in [0.5, 0.6) is 0 Å². The van der Waals surface area contributed by atoms with Crippen LogP contribution in [0.3, 0.4) is 0 Å². The summed E-state index contributed by atoms with van der Waals surface area (Å²) in [5, 5.41) is 8.76. The molecule has 3 aromatic heterocycles. The van der Waals surface area contributed by atoms with Crippen molar-refractivity contribution in [3.05, 3.63) is 61.4 Å². The molecule has 0 aliphatic carbocycles. The van der Waals surface area contributed by atoms with E-state index in [0.29, 0.717) is 11.9 Å². The Hall–Kier alpha value is -3.39. The van der Waals surface area contributed by atoms with Crippen molar-refractivity contribution < 1.29 is 4.39 Å². The topological polar surface area (TPSA) is 64.7 Å². The Kier molecular flexibility index (Phi) is 4.83. The summed E-state index contributed by atoms with van der Waals surface area (Å²) in [5.41, 5.74) is 4.85. The molecule has 7 nitrogen and oxygen atoms in total. The maximum absolute atomic E-state index is 15.2. The lowest BCUT2D eigenvalue weighted by Crippen LogP contribution is -2.48. The fourth-order valence-corrected chi connectivity index (χ4v) is 5.33. The third-order valence-electron chi connectivity index (χ3n) is 7.23. The highest BCUT2D eigenvalue weighted by Crippen LogP contribution is 2.41. The lowest BCUT2D eigenvalue weighted by Gasteiger charge is -2.39. The molecule has 1 aromatic carbocycles. The minimum Gasteiger partial charge on any atom is -0.297 e. The number of piperidine rings is 1. The molecule has 2 aliphatic rings. The molecule has 0 radical (unpaired) electrons. The number of alkyl halides is 1. The zero-order valence-electron chi connectivity index (χ0n) is 18.7. The summed E-state index contributed by atoms with van der Waals surface area (Å²) in [4.78, 5) is 11.4. The Labute approximate surface area is 191 Å². The summed E-state index contributed by atoms with van der Waals surface area (Å²) in [6.45, 7) is 0. The first-order valence-electron chi connectivity index (χ1n) is 11.4. The van der Waals surface area contributed by atoms with E-state index in [1.165, 1.54) is 0 Å². The van der Waals surface area contributed by atoms with Crippen molar-refractivity contribution in [3.63, 3.8) is 0 Å². The van der Waals surface area contributed by atoms with Gasteiger partial charge < -0.3 is 0 Å². The molecular formula is C25H26FN7. The average molecular weight is 444 g/mol. The standard InChI is InChI=1S/C25H26FN7/c1-31-14-19(12-29-31)16-4-3-5-17(8-16)25-27-10-18(11-28-25)20-13-30-33(15-20)23-9-21-6-7-22(24(23)26)32(21)2/h3-5,8,10-15,21-24H,6-7,9H2,1-2H3/t21-,22?,23-,24?/m0/s1. The largest absolute Gasteiger partial charge is 0.297 e. The Morgan fingerprint density at radius 3 is 2.36 bits per heavy atom. The van der Waals surface area contributed by atoms with Crippen LogP contribution in [-0.2, 0) is 7.05 Å². The van der Waals surface area contributed by atoms with Crippen LogP contribution in [0, 0.1) is 0 Å². The smallest absolute Gasteiger partial charge is 0.159 e. The van der Waals surface area contributed by atoms with Crippen molar-refractivity contribution >= 4 is 0 Å². The number of hydrogen-bond donors (Lipinski definition) is 0. The third-order valence-corrected chi connectivity index (χ3v) is 7.23. The molecular weight excluding hydrogens is 417 g/mol. The van der Waals surface area contributed by atoms with Gasteiger partial charge in [0.15, 0.2) is 5.82 Å². The molecule has 33 heavy (non-hydrogen) atoms. The lowest BCUT2D eigenvalue weighted by atomic mass is 9.96. The first-order chi connectivity index (χ1) is 16.1. The van der Waals surface area contributed by atoms with Crippen LogP contribution in [0.1, 0.15) is 25.3 Å². The van der Waals surface area contributed by atoms with Crippen molar-refractivity contribution in [1.29, 1.82) is 0 Å². The third kappa shape index (κ3) is 3.54. The Balaban J connectivity index is 1.23. The van der Waals surface area contributed by atoms with Crippen molar-refractivity contribution in [2.75, 3.05) is 7.05 Å². The van der Waals surface area contributed by atoms with Crippen molar-refractivity contribution in [3.8, 4) is 33.6 Å². The number of aromatic nitrogens is 6. The van der Waals surface area contributed by atoms with E-state index < -0.39 is 6.17 Å². The highest BCUT2D eigenvalue weighted by molar-refractivity contribution is 5.70. The number of hydrogen-bond acceptors (Lipinski definition) is 5. The zero-order valence-corrected chi connectivity index (χ0v) is 18.7.